The van der Waals surface area contributed by atoms with Gasteiger partial charge >= 0.3 is 12.1 Å². The minimum absolute atomic E-state index is 0.0340. The van der Waals surface area contributed by atoms with Gasteiger partial charge in [-0.2, -0.15) is 13.2 Å². The number of ether oxygens (including phenoxy) is 2. The van der Waals surface area contributed by atoms with E-state index in [2.05, 4.69) is 23.9 Å². The lowest BCUT2D eigenvalue weighted by atomic mass is 10.1. The number of alkyl halides is 3. The summed E-state index contributed by atoms with van der Waals surface area (Å²) in [6.07, 6.45) is -3.87. The van der Waals surface area contributed by atoms with E-state index in [9.17, 15) is 18.0 Å². The van der Waals surface area contributed by atoms with Gasteiger partial charge in [0.25, 0.3) is 0 Å². The van der Waals surface area contributed by atoms with Gasteiger partial charge in [-0.05, 0) is 18.9 Å². The molecule has 0 fully saturated rings. The monoisotopic (exact) mass is 271 g/mol. The molecule has 0 bridgehead atoms. The maximum atomic E-state index is 11.7. The van der Waals surface area contributed by atoms with Crippen LogP contribution in [-0.2, 0) is 14.3 Å². The quantitative estimate of drug-likeness (QED) is 0.512. The van der Waals surface area contributed by atoms with Crippen LogP contribution in [0, 0.1) is 5.92 Å². The molecule has 0 aliphatic rings. The van der Waals surface area contributed by atoms with Crippen LogP contribution in [0.3, 0.4) is 0 Å². The molecule has 0 atom stereocenters. The SMILES string of the molecule is CC(C)CCNCCOCCOC(=O)C(F)(F)F. The van der Waals surface area contributed by atoms with Crippen molar-refractivity contribution in [2.75, 3.05) is 32.9 Å². The number of carbonyl (C=O) groups excluding carboxylic acids is 1. The van der Waals surface area contributed by atoms with E-state index < -0.39 is 12.1 Å². The molecule has 0 unspecified atom stereocenters. The Morgan fingerprint density at radius 1 is 1.17 bits per heavy atom. The van der Waals surface area contributed by atoms with Crippen LogP contribution in [0.2, 0.25) is 0 Å². The second-order valence-corrected chi connectivity index (χ2v) is 4.18. The maximum Gasteiger partial charge on any atom is 0.490 e. The molecule has 18 heavy (non-hydrogen) atoms. The Balaban J connectivity index is 3.24. The van der Waals surface area contributed by atoms with Crippen LogP contribution in [0.4, 0.5) is 13.2 Å². The molecular formula is C11H20F3NO3. The highest BCUT2D eigenvalue weighted by molar-refractivity contribution is 5.75. The lowest BCUT2D eigenvalue weighted by Crippen LogP contribution is -2.27. The van der Waals surface area contributed by atoms with E-state index in [-0.39, 0.29) is 13.2 Å². The van der Waals surface area contributed by atoms with Crippen LogP contribution in [0.5, 0.6) is 0 Å². The van der Waals surface area contributed by atoms with E-state index in [0.29, 0.717) is 19.1 Å². The summed E-state index contributed by atoms with van der Waals surface area (Å²) in [6.45, 7) is 5.70. The highest BCUT2D eigenvalue weighted by Crippen LogP contribution is 2.15. The van der Waals surface area contributed by atoms with Gasteiger partial charge in [0.2, 0.25) is 0 Å². The average molecular weight is 271 g/mol. The molecule has 0 radical (unpaired) electrons. The molecule has 0 saturated heterocycles. The van der Waals surface area contributed by atoms with E-state index in [4.69, 9.17) is 4.74 Å². The summed E-state index contributed by atoms with van der Waals surface area (Å²) >= 11 is 0. The summed E-state index contributed by atoms with van der Waals surface area (Å²) in [5.41, 5.74) is 0. The summed E-state index contributed by atoms with van der Waals surface area (Å²) in [7, 11) is 0. The van der Waals surface area contributed by atoms with Crippen LogP contribution in [0.15, 0.2) is 0 Å². The predicted molar refractivity (Wildman–Crippen MR) is 60.2 cm³/mol. The largest absolute Gasteiger partial charge is 0.490 e. The van der Waals surface area contributed by atoms with Crippen LogP contribution in [-0.4, -0.2) is 45.1 Å². The fourth-order valence-electron chi connectivity index (χ4n) is 1.04. The van der Waals surface area contributed by atoms with Crippen molar-refractivity contribution in [1.29, 1.82) is 0 Å². The van der Waals surface area contributed by atoms with Crippen LogP contribution >= 0.6 is 0 Å². The fourth-order valence-corrected chi connectivity index (χ4v) is 1.04. The summed E-state index contributed by atoms with van der Waals surface area (Å²) in [4.78, 5) is 10.3. The number of carbonyl (C=O) groups is 1. The van der Waals surface area contributed by atoms with E-state index in [1.165, 1.54) is 0 Å². The number of hydrogen-bond donors (Lipinski definition) is 1. The first-order chi connectivity index (χ1) is 8.34. The molecule has 0 aliphatic heterocycles. The lowest BCUT2D eigenvalue weighted by Gasteiger charge is -2.09. The number of nitrogens with one attached hydrogen (secondary N) is 1. The summed E-state index contributed by atoms with van der Waals surface area (Å²) < 4.78 is 44.1. The summed E-state index contributed by atoms with van der Waals surface area (Å²) in [6, 6.07) is 0. The Bertz CT molecular complexity index is 232. The molecule has 1 N–H and O–H groups in total. The molecule has 0 heterocycles. The normalized spacial score (nSPS) is 11.9. The van der Waals surface area contributed by atoms with E-state index >= 15 is 0 Å². The van der Waals surface area contributed by atoms with Gasteiger partial charge in [-0.3, -0.25) is 0 Å². The fraction of sp³-hybridized carbons (Fsp3) is 0.909. The molecule has 0 amide bonds. The molecule has 7 heteroatoms. The Labute approximate surface area is 105 Å². The Hall–Kier alpha value is -0.820. The van der Waals surface area contributed by atoms with Crippen molar-refractivity contribution in [3.8, 4) is 0 Å². The average Bonchev–Trinajstić information content (AvgIpc) is 2.24. The molecule has 0 spiro atoms. The number of esters is 1. The molecule has 0 aromatic carbocycles. The Morgan fingerprint density at radius 2 is 1.83 bits per heavy atom. The van der Waals surface area contributed by atoms with E-state index in [0.717, 1.165) is 13.0 Å². The van der Waals surface area contributed by atoms with Gasteiger partial charge < -0.3 is 14.8 Å². The van der Waals surface area contributed by atoms with Crippen molar-refractivity contribution in [2.45, 2.75) is 26.4 Å². The van der Waals surface area contributed by atoms with Crippen molar-refractivity contribution in [1.82, 2.24) is 5.32 Å². The standard InChI is InChI=1S/C11H20F3NO3/c1-9(2)3-4-15-5-6-17-7-8-18-10(16)11(12,13)14/h9,15H,3-8H2,1-2H3. The van der Waals surface area contributed by atoms with Crippen molar-refractivity contribution >= 4 is 5.97 Å². The van der Waals surface area contributed by atoms with Crippen LogP contribution in [0.25, 0.3) is 0 Å². The van der Waals surface area contributed by atoms with Gasteiger partial charge in [0.15, 0.2) is 0 Å². The second kappa shape index (κ2) is 9.16. The van der Waals surface area contributed by atoms with Gasteiger partial charge in [0.1, 0.15) is 6.61 Å². The first kappa shape index (κ1) is 17.2. The number of rotatable bonds is 9. The summed E-state index contributed by atoms with van der Waals surface area (Å²) in [5.74, 6) is -1.55. The molecule has 4 nitrogen and oxygen atoms in total. The van der Waals surface area contributed by atoms with E-state index in [1.54, 1.807) is 0 Å². The first-order valence-electron chi connectivity index (χ1n) is 5.86. The predicted octanol–water partition coefficient (Wildman–Crippen LogP) is 1.74. The van der Waals surface area contributed by atoms with Gasteiger partial charge in [0.05, 0.1) is 13.2 Å². The zero-order valence-corrected chi connectivity index (χ0v) is 10.7. The number of hydrogen-bond acceptors (Lipinski definition) is 4. The zero-order valence-electron chi connectivity index (χ0n) is 10.7. The third kappa shape index (κ3) is 10.3. The lowest BCUT2D eigenvalue weighted by molar-refractivity contribution is -0.200. The van der Waals surface area contributed by atoms with Gasteiger partial charge in [-0.25, -0.2) is 4.79 Å². The number of halogens is 3. The van der Waals surface area contributed by atoms with E-state index in [1.807, 2.05) is 0 Å². The van der Waals surface area contributed by atoms with Crippen molar-refractivity contribution in [2.24, 2.45) is 5.92 Å². The molecule has 108 valence electrons. The minimum atomic E-state index is -4.93. The van der Waals surface area contributed by atoms with Crippen LogP contribution < -0.4 is 5.32 Å². The molecule has 0 aliphatic carbocycles. The highest BCUT2D eigenvalue weighted by Gasteiger charge is 2.40. The van der Waals surface area contributed by atoms with Crippen molar-refractivity contribution in [3.63, 3.8) is 0 Å². The molecular weight excluding hydrogens is 251 g/mol. The topological polar surface area (TPSA) is 47.6 Å². The Morgan fingerprint density at radius 3 is 2.39 bits per heavy atom. The molecule has 0 aromatic rings. The van der Waals surface area contributed by atoms with Crippen molar-refractivity contribution in [3.05, 3.63) is 0 Å². The second-order valence-electron chi connectivity index (χ2n) is 4.18. The zero-order chi connectivity index (χ0) is 14.0. The Kier molecular flexibility index (Phi) is 8.74. The van der Waals surface area contributed by atoms with Crippen molar-refractivity contribution < 1.29 is 27.4 Å². The smallest absolute Gasteiger partial charge is 0.457 e. The molecule has 0 aromatic heterocycles. The highest BCUT2D eigenvalue weighted by atomic mass is 19.4. The first-order valence-corrected chi connectivity index (χ1v) is 5.86. The molecule has 0 rings (SSSR count). The third-order valence-corrected chi connectivity index (χ3v) is 2.01. The van der Waals surface area contributed by atoms with Gasteiger partial charge in [-0.1, -0.05) is 13.8 Å². The maximum absolute atomic E-state index is 11.7. The minimum Gasteiger partial charge on any atom is -0.457 e. The molecule has 0 saturated carbocycles. The third-order valence-electron chi connectivity index (χ3n) is 2.01. The summed E-state index contributed by atoms with van der Waals surface area (Å²) in [5, 5.41) is 3.13. The van der Waals surface area contributed by atoms with Crippen LogP contribution in [0.1, 0.15) is 20.3 Å². The van der Waals surface area contributed by atoms with Gasteiger partial charge in [0, 0.05) is 6.54 Å². The van der Waals surface area contributed by atoms with Gasteiger partial charge in [-0.15, -0.1) is 0 Å².